The number of ether oxygens (including phenoxy) is 1. The quantitative estimate of drug-likeness (QED) is 0.927. The lowest BCUT2D eigenvalue weighted by Gasteiger charge is -2.16. The van der Waals surface area contributed by atoms with Crippen LogP contribution in [0, 0.1) is 0 Å². The molecule has 5 nitrogen and oxygen atoms in total. The molecule has 2 N–H and O–H groups in total. The Morgan fingerprint density at radius 2 is 1.80 bits per heavy atom. The molecule has 1 aromatic heterocycles. The lowest BCUT2D eigenvalue weighted by molar-refractivity contribution is 0.415. The molecule has 0 unspecified atom stereocenters. The molecule has 1 aromatic carbocycles. The van der Waals surface area contributed by atoms with E-state index in [1.54, 1.807) is 13.2 Å². The molecule has 20 heavy (non-hydrogen) atoms. The Labute approximate surface area is 118 Å². The Bertz CT molecular complexity index is 591. The first kappa shape index (κ1) is 12.7. The van der Waals surface area contributed by atoms with E-state index in [1.165, 1.54) is 12.8 Å². The Hall–Kier alpha value is -2.30. The predicted octanol–water partition coefficient (Wildman–Crippen LogP) is 2.33. The summed E-state index contributed by atoms with van der Waals surface area (Å²) in [7, 11) is 1.66. The van der Waals surface area contributed by atoms with Gasteiger partial charge in [0.15, 0.2) is 0 Å². The summed E-state index contributed by atoms with van der Waals surface area (Å²) in [6.07, 6.45) is 2.38. The first-order valence-electron chi connectivity index (χ1n) is 6.80. The third-order valence-electron chi connectivity index (χ3n) is 3.51. The molecule has 0 atom stereocenters. The second kappa shape index (κ2) is 5.36. The van der Waals surface area contributed by atoms with Crippen molar-refractivity contribution in [2.45, 2.75) is 12.8 Å². The van der Waals surface area contributed by atoms with Crippen molar-refractivity contribution in [1.29, 1.82) is 0 Å². The van der Waals surface area contributed by atoms with Crippen molar-refractivity contribution in [3.63, 3.8) is 0 Å². The van der Waals surface area contributed by atoms with Gasteiger partial charge in [-0.25, -0.2) is 4.98 Å². The maximum atomic E-state index is 5.92. The van der Waals surface area contributed by atoms with E-state index >= 15 is 0 Å². The van der Waals surface area contributed by atoms with Crippen molar-refractivity contribution in [1.82, 2.24) is 9.97 Å². The average molecular weight is 270 g/mol. The van der Waals surface area contributed by atoms with Gasteiger partial charge in [0.1, 0.15) is 11.6 Å². The number of benzene rings is 1. The summed E-state index contributed by atoms with van der Waals surface area (Å²) in [5, 5.41) is 0. The molecule has 1 fully saturated rings. The van der Waals surface area contributed by atoms with Crippen molar-refractivity contribution in [2.75, 3.05) is 30.8 Å². The molecular formula is C15H18N4O. The van der Waals surface area contributed by atoms with E-state index in [4.69, 9.17) is 10.5 Å². The monoisotopic (exact) mass is 270 g/mol. The largest absolute Gasteiger partial charge is 0.497 e. The lowest BCUT2D eigenvalue weighted by atomic mass is 10.1. The topological polar surface area (TPSA) is 64.3 Å². The van der Waals surface area contributed by atoms with Gasteiger partial charge in [0.25, 0.3) is 0 Å². The highest BCUT2D eigenvalue weighted by Crippen LogP contribution is 2.25. The van der Waals surface area contributed by atoms with E-state index in [0.717, 1.165) is 36.0 Å². The second-order valence-electron chi connectivity index (χ2n) is 4.90. The fourth-order valence-corrected chi connectivity index (χ4v) is 2.42. The molecule has 1 saturated heterocycles. The van der Waals surface area contributed by atoms with Gasteiger partial charge in [-0.2, -0.15) is 4.98 Å². The molecule has 0 bridgehead atoms. The van der Waals surface area contributed by atoms with Gasteiger partial charge in [-0.1, -0.05) is 0 Å². The summed E-state index contributed by atoms with van der Waals surface area (Å²) in [5.74, 6) is 2.07. The zero-order valence-corrected chi connectivity index (χ0v) is 11.5. The highest BCUT2D eigenvalue weighted by Gasteiger charge is 2.16. The van der Waals surface area contributed by atoms with Gasteiger partial charge in [0.2, 0.25) is 5.95 Å². The van der Waals surface area contributed by atoms with Crippen LogP contribution in [0.5, 0.6) is 5.75 Å². The predicted molar refractivity (Wildman–Crippen MR) is 79.9 cm³/mol. The van der Waals surface area contributed by atoms with Crippen LogP contribution in [0.3, 0.4) is 0 Å². The minimum atomic E-state index is 0.507. The third kappa shape index (κ3) is 2.52. The minimum absolute atomic E-state index is 0.507. The van der Waals surface area contributed by atoms with Gasteiger partial charge in [0.05, 0.1) is 12.8 Å². The van der Waals surface area contributed by atoms with Crippen molar-refractivity contribution in [3.05, 3.63) is 30.3 Å². The van der Waals surface area contributed by atoms with Gasteiger partial charge in [-0.3, -0.25) is 0 Å². The number of hydrogen-bond acceptors (Lipinski definition) is 5. The molecule has 1 aliphatic heterocycles. The molecule has 5 heteroatoms. The Morgan fingerprint density at radius 1 is 1.10 bits per heavy atom. The first-order chi connectivity index (χ1) is 9.76. The summed E-state index contributed by atoms with van der Waals surface area (Å²) in [5.41, 5.74) is 7.78. The maximum Gasteiger partial charge on any atom is 0.227 e. The van der Waals surface area contributed by atoms with Crippen LogP contribution in [0.4, 0.5) is 11.8 Å². The summed E-state index contributed by atoms with van der Waals surface area (Å²) < 4.78 is 5.17. The van der Waals surface area contributed by atoms with Crippen LogP contribution in [0.15, 0.2) is 30.3 Å². The number of methoxy groups -OCH3 is 1. The van der Waals surface area contributed by atoms with Crippen LogP contribution >= 0.6 is 0 Å². The third-order valence-corrected chi connectivity index (χ3v) is 3.51. The van der Waals surface area contributed by atoms with Crippen LogP contribution < -0.4 is 15.4 Å². The highest BCUT2D eigenvalue weighted by atomic mass is 16.5. The summed E-state index contributed by atoms with van der Waals surface area (Å²) in [6, 6.07) is 9.61. The molecule has 0 aliphatic carbocycles. The summed E-state index contributed by atoms with van der Waals surface area (Å²) in [4.78, 5) is 11.2. The summed E-state index contributed by atoms with van der Waals surface area (Å²) >= 11 is 0. The molecule has 0 amide bonds. The van der Waals surface area contributed by atoms with Crippen molar-refractivity contribution >= 4 is 11.8 Å². The van der Waals surface area contributed by atoms with Gasteiger partial charge in [0, 0.05) is 24.7 Å². The molecule has 104 valence electrons. The van der Waals surface area contributed by atoms with E-state index in [2.05, 4.69) is 14.9 Å². The molecular weight excluding hydrogens is 252 g/mol. The fraction of sp³-hybridized carbons (Fsp3) is 0.333. The first-order valence-corrected chi connectivity index (χ1v) is 6.80. The molecule has 2 aromatic rings. The Balaban J connectivity index is 1.95. The maximum absolute atomic E-state index is 5.92. The van der Waals surface area contributed by atoms with E-state index in [1.807, 2.05) is 24.3 Å². The molecule has 0 spiro atoms. The van der Waals surface area contributed by atoms with Gasteiger partial charge >= 0.3 is 0 Å². The van der Waals surface area contributed by atoms with Crippen molar-refractivity contribution in [3.8, 4) is 17.0 Å². The van der Waals surface area contributed by atoms with Crippen LogP contribution in [0.2, 0.25) is 0 Å². The fourth-order valence-electron chi connectivity index (χ4n) is 2.42. The molecule has 2 heterocycles. The molecule has 0 saturated carbocycles. The van der Waals surface area contributed by atoms with E-state index in [-0.39, 0.29) is 0 Å². The zero-order chi connectivity index (χ0) is 13.9. The average Bonchev–Trinajstić information content (AvgIpc) is 3.01. The highest BCUT2D eigenvalue weighted by molar-refractivity contribution is 5.64. The standard InChI is InChI=1S/C15H18N4O/c1-20-12-6-4-11(5-7-12)13-10-14(16)18-15(17-13)19-8-2-3-9-19/h4-7,10H,2-3,8-9H2,1H3,(H2,16,17,18). The van der Waals surface area contributed by atoms with Gasteiger partial charge < -0.3 is 15.4 Å². The van der Waals surface area contributed by atoms with E-state index < -0.39 is 0 Å². The smallest absolute Gasteiger partial charge is 0.227 e. The van der Waals surface area contributed by atoms with Crippen molar-refractivity contribution in [2.24, 2.45) is 0 Å². The summed E-state index contributed by atoms with van der Waals surface area (Å²) in [6.45, 7) is 2.01. The SMILES string of the molecule is COc1ccc(-c2cc(N)nc(N3CCCC3)n2)cc1. The van der Waals surface area contributed by atoms with E-state index in [0.29, 0.717) is 5.82 Å². The lowest BCUT2D eigenvalue weighted by Crippen LogP contribution is -2.21. The molecule has 1 aliphatic rings. The number of nitrogen functional groups attached to an aromatic ring is 1. The van der Waals surface area contributed by atoms with Crippen LogP contribution in [0.25, 0.3) is 11.3 Å². The molecule has 0 radical (unpaired) electrons. The number of rotatable bonds is 3. The van der Waals surface area contributed by atoms with Gasteiger partial charge in [-0.05, 0) is 37.1 Å². The number of nitrogens with zero attached hydrogens (tertiary/aromatic N) is 3. The number of anilines is 2. The number of nitrogens with two attached hydrogens (primary N) is 1. The molecule has 3 rings (SSSR count). The van der Waals surface area contributed by atoms with Crippen molar-refractivity contribution < 1.29 is 4.74 Å². The van der Waals surface area contributed by atoms with Crippen LogP contribution in [0.1, 0.15) is 12.8 Å². The minimum Gasteiger partial charge on any atom is -0.497 e. The van der Waals surface area contributed by atoms with Gasteiger partial charge in [-0.15, -0.1) is 0 Å². The normalized spacial score (nSPS) is 14.6. The Kier molecular flexibility index (Phi) is 3.41. The Morgan fingerprint density at radius 3 is 2.45 bits per heavy atom. The second-order valence-corrected chi connectivity index (χ2v) is 4.90. The van der Waals surface area contributed by atoms with Crippen LogP contribution in [-0.4, -0.2) is 30.2 Å². The van der Waals surface area contributed by atoms with E-state index in [9.17, 15) is 0 Å². The number of hydrogen-bond donors (Lipinski definition) is 1. The number of aromatic nitrogens is 2. The zero-order valence-electron chi connectivity index (χ0n) is 11.5. The van der Waals surface area contributed by atoms with Crippen LogP contribution in [-0.2, 0) is 0 Å².